The molecule has 1 saturated carbocycles. The molecule has 0 bridgehead atoms. The molecule has 1 atom stereocenters. The van der Waals surface area contributed by atoms with Crippen molar-refractivity contribution in [3.05, 3.63) is 29.1 Å². The van der Waals surface area contributed by atoms with Crippen LogP contribution in [0.5, 0.6) is 0 Å². The summed E-state index contributed by atoms with van der Waals surface area (Å²) in [5.41, 5.74) is 3.58. The van der Waals surface area contributed by atoms with Gasteiger partial charge in [-0.1, -0.05) is 13.0 Å². The van der Waals surface area contributed by atoms with E-state index in [1.54, 1.807) is 0 Å². The standard InChI is InChI=1S/C16H25N3O2/c1-3-15-12(5-4-8-17-16(20)21)9-13(10-18-15)11(2)19-14-6-7-14/h9-11,14,17,19H,3-8H2,1-2H3,(H,20,21). The summed E-state index contributed by atoms with van der Waals surface area (Å²) in [5, 5.41) is 14.6. The molecule has 1 amide bonds. The first kappa shape index (κ1) is 15.8. The lowest BCUT2D eigenvalue weighted by Gasteiger charge is -2.16. The lowest BCUT2D eigenvalue weighted by atomic mass is 10.0. The first-order valence-electron chi connectivity index (χ1n) is 7.80. The monoisotopic (exact) mass is 291 g/mol. The Hall–Kier alpha value is -1.62. The highest BCUT2D eigenvalue weighted by molar-refractivity contribution is 5.64. The Morgan fingerprint density at radius 2 is 2.29 bits per heavy atom. The molecule has 1 unspecified atom stereocenters. The highest BCUT2D eigenvalue weighted by atomic mass is 16.4. The van der Waals surface area contributed by atoms with Crippen LogP contribution in [0.1, 0.15) is 56.0 Å². The third-order valence-electron chi connectivity index (χ3n) is 3.88. The number of aryl methyl sites for hydroxylation is 2. The summed E-state index contributed by atoms with van der Waals surface area (Å²) >= 11 is 0. The van der Waals surface area contributed by atoms with Gasteiger partial charge in [0.25, 0.3) is 0 Å². The van der Waals surface area contributed by atoms with Crippen LogP contribution in [0.4, 0.5) is 4.79 Å². The average Bonchev–Trinajstić information content (AvgIpc) is 3.27. The molecule has 0 aliphatic heterocycles. The maximum absolute atomic E-state index is 10.5. The van der Waals surface area contributed by atoms with Gasteiger partial charge in [0.15, 0.2) is 0 Å². The second kappa shape index (κ2) is 7.41. The van der Waals surface area contributed by atoms with Crippen LogP contribution >= 0.6 is 0 Å². The van der Waals surface area contributed by atoms with Crippen LogP contribution in [0.3, 0.4) is 0 Å². The number of hydrogen-bond acceptors (Lipinski definition) is 3. The Kier molecular flexibility index (Phi) is 5.56. The van der Waals surface area contributed by atoms with E-state index < -0.39 is 6.09 Å². The highest BCUT2D eigenvalue weighted by Crippen LogP contribution is 2.24. The van der Waals surface area contributed by atoms with Crippen molar-refractivity contribution in [3.63, 3.8) is 0 Å². The SMILES string of the molecule is CCc1ncc(C(C)NC2CC2)cc1CCCNC(=O)O. The van der Waals surface area contributed by atoms with Gasteiger partial charge in [-0.15, -0.1) is 0 Å². The maximum Gasteiger partial charge on any atom is 0.404 e. The molecule has 1 aromatic heterocycles. The number of pyridine rings is 1. The summed E-state index contributed by atoms with van der Waals surface area (Å²) in [4.78, 5) is 15.0. The van der Waals surface area contributed by atoms with Crippen molar-refractivity contribution < 1.29 is 9.90 Å². The fraction of sp³-hybridized carbons (Fsp3) is 0.625. The van der Waals surface area contributed by atoms with Crippen molar-refractivity contribution in [3.8, 4) is 0 Å². The van der Waals surface area contributed by atoms with Gasteiger partial charge in [-0.3, -0.25) is 4.98 Å². The summed E-state index contributed by atoms with van der Waals surface area (Å²) in [6.07, 6.45) is 6.14. The number of rotatable bonds is 8. The van der Waals surface area contributed by atoms with Gasteiger partial charge in [0.1, 0.15) is 0 Å². The lowest BCUT2D eigenvalue weighted by Crippen LogP contribution is -2.22. The molecule has 0 saturated heterocycles. The van der Waals surface area contributed by atoms with Crippen LogP contribution in [0.15, 0.2) is 12.3 Å². The van der Waals surface area contributed by atoms with E-state index in [1.165, 1.54) is 24.0 Å². The van der Waals surface area contributed by atoms with Gasteiger partial charge in [-0.2, -0.15) is 0 Å². The van der Waals surface area contributed by atoms with Crippen molar-refractivity contribution in [2.24, 2.45) is 0 Å². The minimum Gasteiger partial charge on any atom is -0.465 e. The molecular weight excluding hydrogens is 266 g/mol. The van der Waals surface area contributed by atoms with E-state index in [-0.39, 0.29) is 0 Å². The number of carboxylic acid groups (broad SMARTS) is 1. The van der Waals surface area contributed by atoms with Crippen molar-refractivity contribution >= 4 is 6.09 Å². The summed E-state index contributed by atoms with van der Waals surface area (Å²) in [7, 11) is 0. The molecule has 0 radical (unpaired) electrons. The molecule has 1 heterocycles. The quantitative estimate of drug-likeness (QED) is 0.644. The van der Waals surface area contributed by atoms with Gasteiger partial charge in [0, 0.05) is 30.5 Å². The van der Waals surface area contributed by atoms with E-state index in [2.05, 4.69) is 35.5 Å². The van der Waals surface area contributed by atoms with E-state index in [9.17, 15) is 4.79 Å². The molecule has 5 heteroatoms. The Balaban J connectivity index is 1.97. The summed E-state index contributed by atoms with van der Waals surface area (Å²) < 4.78 is 0. The third kappa shape index (κ3) is 5.01. The molecule has 21 heavy (non-hydrogen) atoms. The molecule has 1 aliphatic rings. The van der Waals surface area contributed by atoms with Gasteiger partial charge in [0.2, 0.25) is 0 Å². The number of amides is 1. The van der Waals surface area contributed by atoms with Gasteiger partial charge in [0.05, 0.1) is 0 Å². The fourth-order valence-corrected chi connectivity index (χ4v) is 2.50. The first-order valence-corrected chi connectivity index (χ1v) is 7.80. The average molecular weight is 291 g/mol. The number of carbonyl (C=O) groups is 1. The van der Waals surface area contributed by atoms with Crippen molar-refractivity contribution in [1.82, 2.24) is 15.6 Å². The van der Waals surface area contributed by atoms with Gasteiger partial charge in [-0.05, 0) is 50.2 Å². The Morgan fingerprint density at radius 3 is 2.90 bits per heavy atom. The van der Waals surface area contributed by atoms with Crippen LogP contribution in [0, 0.1) is 0 Å². The minimum atomic E-state index is -0.958. The van der Waals surface area contributed by atoms with Gasteiger partial charge in [-0.25, -0.2) is 4.79 Å². The molecule has 1 aliphatic carbocycles. The fourth-order valence-electron chi connectivity index (χ4n) is 2.50. The largest absolute Gasteiger partial charge is 0.465 e. The zero-order valence-electron chi connectivity index (χ0n) is 12.9. The van der Waals surface area contributed by atoms with E-state index in [4.69, 9.17) is 5.11 Å². The predicted octanol–water partition coefficient (Wildman–Crippen LogP) is 2.66. The van der Waals surface area contributed by atoms with Crippen molar-refractivity contribution in [2.45, 2.75) is 58.0 Å². The second-order valence-electron chi connectivity index (χ2n) is 5.73. The first-order chi connectivity index (χ1) is 10.1. The third-order valence-corrected chi connectivity index (χ3v) is 3.88. The maximum atomic E-state index is 10.5. The van der Waals surface area contributed by atoms with Gasteiger partial charge >= 0.3 is 6.09 Å². The lowest BCUT2D eigenvalue weighted by molar-refractivity contribution is 0.194. The molecule has 5 nitrogen and oxygen atoms in total. The Labute approximate surface area is 126 Å². The zero-order chi connectivity index (χ0) is 15.2. The summed E-state index contributed by atoms with van der Waals surface area (Å²) in [5.74, 6) is 0. The number of nitrogens with zero attached hydrogens (tertiary/aromatic N) is 1. The van der Waals surface area contributed by atoms with Gasteiger partial charge < -0.3 is 15.7 Å². The number of hydrogen-bond donors (Lipinski definition) is 3. The van der Waals surface area contributed by atoms with Crippen LogP contribution in [0.2, 0.25) is 0 Å². The predicted molar refractivity (Wildman–Crippen MR) is 82.5 cm³/mol. The van der Waals surface area contributed by atoms with Crippen LogP contribution in [-0.2, 0) is 12.8 Å². The minimum absolute atomic E-state index is 0.326. The van der Waals surface area contributed by atoms with Crippen LogP contribution < -0.4 is 10.6 Å². The molecule has 0 spiro atoms. The second-order valence-corrected chi connectivity index (χ2v) is 5.73. The Bertz CT molecular complexity index is 486. The van der Waals surface area contributed by atoms with Crippen LogP contribution in [0.25, 0.3) is 0 Å². The summed E-state index contributed by atoms with van der Waals surface area (Å²) in [6.45, 7) is 4.77. The van der Waals surface area contributed by atoms with E-state index in [0.29, 0.717) is 18.6 Å². The molecule has 3 N–H and O–H groups in total. The topological polar surface area (TPSA) is 74.2 Å². The smallest absolute Gasteiger partial charge is 0.404 e. The van der Waals surface area contributed by atoms with E-state index in [1.807, 2.05) is 6.20 Å². The molecule has 2 rings (SSSR count). The molecule has 0 aromatic carbocycles. The zero-order valence-corrected chi connectivity index (χ0v) is 12.9. The molecular formula is C16H25N3O2. The van der Waals surface area contributed by atoms with E-state index in [0.717, 1.165) is 25.0 Å². The summed E-state index contributed by atoms with van der Waals surface area (Å²) in [6, 6.07) is 3.23. The molecule has 1 aromatic rings. The molecule has 116 valence electrons. The van der Waals surface area contributed by atoms with Crippen LogP contribution in [-0.4, -0.2) is 28.8 Å². The van der Waals surface area contributed by atoms with E-state index >= 15 is 0 Å². The normalized spacial score (nSPS) is 15.7. The number of nitrogens with one attached hydrogen (secondary N) is 2. The Morgan fingerprint density at radius 1 is 1.52 bits per heavy atom. The number of aromatic nitrogens is 1. The van der Waals surface area contributed by atoms with Crippen molar-refractivity contribution in [2.75, 3.05) is 6.54 Å². The molecule has 1 fully saturated rings. The highest BCUT2D eigenvalue weighted by Gasteiger charge is 2.23. The van der Waals surface area contributed by atoms with Crippen molar-refractivity contribution in [1.29, 1.82) is 0 Å².